The van der Waals surface area contributed by atoms with Crippen LogP contribution in [0.4, 0.5) is 24.5 Å². The molecule has 140 valence electrons. The van der Waals surface area contributed by atoms with Crippen LogP contribution in [0.15, 0.2) is 59.7 Å². The molecule has 2 amide bonds. The van der Waals surface area contributed by atoms with Crippen molar-refractivity contribution in [3.8, 4) is 5.75 Å². The molecule has 0 aromatic heterocycles. The zero-order valence-corrected chi connectivity index (χ0v) is 13.9. The fourth-order valence-corrected chi connectivity index (χ4v) is 2.46. The molecule has 0 spiro atoms. The van der Waals surface area contributed by atoms with E-state index in [0.29, 0.717) is 5.69 Å². The summed E-state index contributed by atoms with van der Waals surface area (Å²) in [5, 5.41) is 7.70. The number of hydrogen-bond acceptors (Lipinski definition) is 4. The lowest BCUT2D eigenvalue weighted by atomic mass is 10.1. The number of nitrogens with zero attached hydrogens (tertiary/aromatic N) is 2. The van der Waals surface area contributed by atoms with Crippen LogP contribution < -0.4 is 15.1 Å². The summed E-state index contributed by atoms with van der Waals surface area (Å²) in [5.41, 5.74) is 0.737. The number of amides is 2. The highest BCUT2D eigenvalue weighted by molar-refractivity contribution is 6.44. The quantitative estimate of drug-likeness (QED) is 0.883. The number of rotatable bonds is 4. The lowest BCUT2D eigenvalue weighted by Gasteiger charge is -2.23. The Morgan fingerprint density at radius 3 is 2.52 bits per heavy atom. The molecular formula is C18H14F3N3O3. The van der Waals surface area contributed by atoms with Crippen LogP contribution in [-0.2, 0) is 9.59 Å². The number of alkyl halides is 3. The van der Waals surface area contributed by atoms with Crippen molar-refractivity contribution in [2.24, 2.45) is 5.10 Å². The first-order chi connectivity index (χ1) is 12.8. The van der Waals surface area contributed by atoms with E-state index < -0.39 is 18.0 Å². The van der Waals surface area contributed by atoms with E-state index in [1.54, 1.807) is 30.3 Å². The third-order valence-corrected chi connectivity index (χ3v) is 3.62. The molecular weight excluding hydrogens is 363 g/mol. The molecule has 1 N–H and O–H groups in total. The lowest BCUT2D eigenvalue weighted by molar-refractivity contribution is -0.274. The van der Waals surface area contributed by atoms with Gasteiger partial charge in [0.25, 0.3) is 5.91 Å². The van der Waals surface area contributed by atoms with Crippen LogP contribution in [0.2, 0.25) is 0 Å². The highest BCUT2D eigenvalue weighted by Crippen LogP contribution is 2.25. The third kappa shape index (κ3) is 4.84. The molecule has 0 radical (unpaired) electrons. The molecule has 0 atom stereocenters. The predicted molar refractivity (Wildman–Crippen MR) is 92.4 cm³/mol. The molecule has 0 saturated heterocycles. The summed E-state index contributed by atoms with van der Waals surface area (Å²) >= 11 is 0. The Morgan fingerprint density at radius 1 is 1.07 bits per heavy atom. The zero-order chi connectivity index (χ0) is 19.4. The van der Waals surface area contributed by atoms with E-state index in [1.807, 2.05) is 0 Å². The molecule has 3 rings (SSSR count). The van der Waals surface area contributed by atoms with Gasteiger partial charge in [-0.2, -0.15) is 5.10 Å². The van der Waals surface area contributed by atoms with Gasteiger partial charge in [0, 0.05) is 24.6 Å². The van der Waals surface area contributed by atoms with Crippen LogP contribution in [0.1, 0.15) is 12.8 Å². The Hall–Kier alpha value is -3.36. The molecule has 0 aliphatic carbocycles. The monoisotopic (exact) mass is 377 g/mol. The summed E-state index contributed by atoms with van der Waals surface area (Å²) in [7, 11) is 0. The molecule has 1 heterocycles. The van der Waals surface area contributed by atoms with Crippen LogP contribution in [0.25, 0.3) is 0 Å². The van der Waals surface area contributed by atoms with Gasteiger partial charge in [-0.1, -0.05) is 24.3 Å². The standard InChI is InChI=1S/C18H14F3N3O3/c19-18(20,21)27-14-8-4-5-12(11-14)22-17(26)15-9-10-16(25)24(23-15)13-6-2-1-3-7-13/h1-8,11H,9-10H2,(H,22,26). The first-order valence-electron chi connectivity index (χ1n) is 7.94. The van der Waals surface area contributed by atoms with Crippen LogP contribution in [0, 0.1) is 0 Å². The molecule has 0 bridgehead atoms. The van der Waals surface area contributed by atoms with Gasteiger partial charge in [0.15, 0.2) is 0 Å². The Morgan fingerprint density at radius 2 is 1.81 bits per heavy atom. The van der Waals surface area contributed by atoms with Gasteiger partial charge in [-0.25, -0.2) is 5.01 Å². The van der Waals surface area contributed by atoms with Crippen LogP contribution in [0.3, 0.4) is 0 Å². The van der Waals surface area contributed by atoms with E-state index in [4.69, 9.17) is 0 Å². The molecule has 1 aliphatic rings. The number of hydrogen-bond donors (Lipinski definition) is 1. The summed E-state index contributed by atoms with van der Waals surface area (Å²) in [5.74, 6) is -1.31. The normalized spacial score (nSPS) is 14.6. The Balaban J connectivity index is 1.76. The molecule has 2 aromatic rings. The van der Waals surface area contributed by atoms with E-state index >= 15 is 0 Å². The molecule has 1 aliphatic heterocycles. The van der Waals surface area contributed by atoms with E-state index in [2.05, 4.69) is 15.2 Å². The van der Waals surface area contributed by atoms with E-state index in [9.17, 15) is 22.8 Å². The number of halogens is 3. The zero-order valence-electron chi connectivity index (χ0n) is 13.9. The van der Waals surface area contributed by atoms with Crippen molar-refractivity contribution < 1.29 is 27.5 Å². The minimum absolute atomic E-state index is 0.0956. The molecule has 0 saturated carbocycles. The number of benzene rings is 2. The van der Waals surface area contributed by atoms with Crippen LogP contribution in [0.5, 0.6) is 5.75 Å². The summed E-state index contributed by atoms with van der Waals surface area (Å²) < 4.78 is 40.7. The topological polar surface area (TPSA) is 71.0 Å². The van der Waals surface area contributed by atoms with Gasteiger partial charge in [0.2, 0.25) is 5.91 Å². The van der Waals surface area contributed by atoms with Gasteiger partial charge in [-0.05, 0) is 24.3 Å². The van der Waals surface area contributed by atoms with Gasteiger partial charge >= 0.3 is 6.36 Å². The SMILES string of the molecule is O=C(Nc1cccc(OC(F)(F)F)c1)C1=NN(c2ccccc2)C(=O)CC1. The Kier molecular flexibility index (Phi) is 5.11. The first-order valence-corrected chi connectivity index (χ1v) is 7.94. The molecule has 27 heavy (non-hydrogen) atoms. The largest absolute Gasteiger partial charge is 0.573 e. The number of carbonyl (C=O) groups excluding carboxylic acids is 2. The predicted octanol–water partition coefficient (Wildman–Crippen LogP) is 3.71. The second-order valence-corrected chi connectivity index (χ2v) is 5.62. The summed E-state index contributed by atoms with van der Waals surface area (Å²) in [6, 6.07) is 13.5. The van der Waals surface area contributed by atoms with Gasteiger partial charge < -0.3 is 10.1 Å². The van der Waals surface area contributed by atoms with Crippen molar-refractivity contribution in [2.45, 2.75) is 19.2 Å². The van der Waals surface area contributed by atoms with Crippen molar-refractivity contribution in [2.75, 3.05) is 10.3 Å². The van der Waals surface area contributed by atoms with Crippen molar-refractivity contribution in [3.05, 3.63) is 54.6 Å². The van der Waals surface area contributed by atoms with Gasteiger partial charge in [-0.15, -0.1) is 13.2 Å². The summed E-state index contributed by atoms with van der Waals surface area (Å²) in [6.45, 7) is 0. The number of nitrogens with one attached hydrogen (secondary N) is 1. The maximum absolute atomic E-state index is 12.4. The smallest absolute Gasteiger partial charge is 0.406 e. The van der Waals surface area contributed by atoms with Crippen molar-refractivity contribution in [1.82, 2.24) is 0 Å². The third-order valence-electron chi connectivity index (χ3n) is 3.62. The van der Waals surface area contributed by atoms with Gasteiger partial charge in [-0.3, -0.25) is 9.59 Å². The number of para-hydroxylation sites is 1. The fourth-order valence-electron chi connectivity index (χ4n) is 2.46. The Bertz CT molecular complexity index is 882. The lowest BCUT2D eigenvalue weighted by Crippen LogP contribution is -2.36. The number of anilines is 2. The van der Waals surface area contributed by atoms with Crippen LogP contribution in [-0.4, -0.2) is 23.9 Å². The van der Waals surface area contributed by atoms with Crippen molar-refractivity contribution in [3.63, 3.8) is 0 Å². The molecule has 0 fully saturated rings. The molecule has 2 aromatic carbocycles. The highest BCUT2D eigenvalue weighted by atomic mass is 19.4. The fraction of sp³-hybridized carbons (Fsp3) is 0.167. The van der Waals surface area contributed by atoms with Crippen molar-refractivity contribution >= 4 is 28.9 Å². The number of carbonyl (C=O) groups is 2. The summed E-state index contributed by atoms with van der Waals surface area (Å²) in [6.07, 6.45) is -4.60. The maximum atomic E-state index is 12.4. The van der Waals surface area contributed by atoms with E-state index in [0.717, 1.165) is 17.1 Å². The number of hydrazone groups is 1. The van der Waals surface area contributed by atoms with E-state index in [1.165, 1.54) is 12.1 Å². The Labute approximate surface area is 152 Å². The highest BCUT2D eigenvalue weighted by Gasteiger charge is 2.31. The average molecular weight is 377 g/mol. The molecule has 6 nitrogen and oxygen atoms in total. The second kappa shape index (κ2) is 7.48. The van der Waals surface area contributed by atoms with Gasteiger partial charge in [0.1, 0.15) is 11.5 Å². The molecule has 0 unspecified atom stereocenters. The van der Waals surface area contributed by atoms with Gasteiger partial charge in [0.05, 0.1) is 5.69 Å². The first kappa shape index (κ1) is 18.4. The maximum Gasteiger partial charge on any atom is 0.573 e. The average Bonchev–Trinajstić information content (AvgIpc) is 2.61. The minimum Gasteiger partial charge on any atom is -0.406 e. The van der Waals surface area contributed by atoms with Crippen molar-refractivity contribution in [1.29, 1.82) is 0 Å². The number of ether oxygens (including phenoxy) is 1. The molecule has 9 heteroatoms. The minimum atomic E-state index is -4.83. The second-order valence-electron chi connectivity index (χ2n) is 5.62. The summed E-state index contributed by atoms with van der Waals surface area (Å²) in [4.78, 5) is 24.5. The van der Waals surface area contributed by atoms with Crippen LogP contribution >= 0.6 is 0 Å². The van der Waals surface area contributed by atoms with E-state index in [-0.39, 0.29) is 30.1 Å².